The first-order valence-electron chi connectivity index (χ1n) is 9.13. The third-order valence-electron chi connectivity index (χ3n) is 4.12. The number of ether oxygens (including phenoxy) is 1. The molecule has 5 nitrogen and oxygen atoms in total. The molecule has 7 heteroatoms. The van der Waals surface area contributed by atoms with Crippen molar-refractivity contribution in [2.75, 3.05) is 6.61 Å². The SMILES string of the molecule is O=C(COc1cccc2ccccc12)N/N=C\c1ccc(Sc2ccc(Cl)cc2)o1. The van der Waals surface area contributed by atoms with Crippen molar-refractivity contribution in [3.05, 3.63) is 89.6 Å². The van der Waals surface area contributed by atoms with Crippen molar-refractivity contribution >= 4 is 46.3 Å². The molecule has 150 valence electrons. The van der Waals surface area contributed by atoms with Gasteiger partial charge in [0.15, 0.2) is 11.7 Å². The van der Waals surface area contributed by atoms with Crippen LogP contribution >= 0.6 is 23.4 Å². The topological polar surface area (TPSA) is 63.8 Å². The van der Waals surface area contributed by atoms with Gasteiger partial charge in [-0.3, -0.25) is 4.79 Å². The molecule has 0 saturated carbocycles. The normalized spacial score (nSPS) is 11.1. The Morgan fingerprint density at radius 1 is 1.03 bits per heavy atom. The van der Waals surface area contributed by atoms with Crippen LogP contribution in [-0.2, 0) is 4.79 Å². The fourth-order valence-corrected chi connectivity index (χ4v) is 3.65. The molecule has 1 aromatic heterocycles. The molecule has 1 N–H and O–H groups in total. The first-order chi connectivity index (χ1) is 14.7. The molecule has 0 aliphatic heterocycles. The Labute approximate surface area is 182 Å². The highest BCUT2D eigenvalue weighted by Crippen LogP contribution is 2.29. The minimum Gasteiger partial charge on any atom is -0.483 e. The number of hydrogen-bond donors (Lipinski definition) is 1. The standard InChI is InChI=1S/C23H17ClN2O3S/c24-17-8-11-19(12-9-17)30-23-13-10-18(29-23)14-25-26-22(27)15-28-21-7-3-5-16-4-1-2-6-20(16)21/h1-14H,15H2,(H,26,27)/b25-14-. The van der Waals surface area contributed by atoms with Crippen molar-refractivity contribution in [2.45, 2.75) is 9.99 Å². The number of hydrazone groups is 1. The monoisotopic (exact) mass is 436 g/mol. The van der Waals surface area contributed by atoms with Crippen LogP contribution in [0.25, 0.3) is 10.8 Å². The third kappa shape index (κ3) is 5.23. The summed E-state index contributed by atoms with van der Waals surface area (Å²) >= 11 is 7.36. The fraction of sp³-hybridized carbons (Fsp3) is 0.0435. The lowest BCUT2D eigenvalue weighted by molar-refractivity contribution is -0.123. The Kier molecular flexibility index (Phi) is 6.37. The number of nitrogens with one attached hydrogen (secondary N) is 1. The van der Waals surface area contributed by atoms with Crippen LogP contribution < -0.4 is 10.2 Å². The van der Waals surface area contributed by atoms with Crippen molar-refractivity contribution in [1.29, 1.82) is 0 Å². The van der Waals surface area contributed by atoms with Crippen LogP contribution in [0.3, 0.4) is 0 Å². The highest BCUT2D eigenvalue weighted by molar-refractivity contribution is 7.99. The van der Waals surface area contributed by atoms with Gasteiger partial charge in [-0.1, -0.05) is 59.8 Å². The van der Waals surface area contributed by atoms with Gasteiger partial charge < -0.3 is 9.15 Å². The number of carbonyl (C=O) groups is 1. The number of halogens is 1. The van der Waals surface area contributed by atoms with E-state index in [4.69, 9.17) is 20.8 Å². The fourth-order valence-electron chi connectivity index (χ4n) is 2.74. The lowest BCUT2D eigenvalue weighted by Crippen LogP contribution is -2.24. The average molecular weight is 437 g/mol. The molecule has 1 amide bonds. The van der Waals surface area contributed by atoms with Crippen molar-refractivity contribution in [2.24, 2.45) is 5.10 Å². The zero-order chi connectivity index (χ0) is 20.8. The molecular formula is C23H17ClN2O3S. The van der Waals surface area contributed by atoms with Gasteiger partial charge in [0, 0.05) is 15.3 Å². The van der Waals surface area contributed by atoms with E-state index in [0.717, 1.165) is 15.7 Å². The Hall–Kier alpha value is -3.22. The van der Waals surface area contributed by atoms with Gasteiger partial charge in [-0.15, -0.1) is 0 Å². The van der Waals surface area contributed by atoms with E-state index in [-0.39, 0.29) is 12.5 Å². The van der Waals surface area contributed by atoms with Crippen LogP contribution in [0.15, 0.2) is 98.4 Å². The van der Waals surface area contributed by atoms with E-state index < -0.39 is 0 Å². The van der Waals surface area contributed by atoms with E-state index in [2.05, 4.69) is 10.5 Å². The van der Waals surface area contributed by atoms with Gasteiger partial charge in [-0.05, 0) is 47.9 Å². The second-order valence-electron chi connectivity index (χ2n) is 6.27. The molecule has 0 radical (unpaired) electrons. The smallest absolute Gasteiger partial charge is 0.277 e. The summed E-state index contributed by atoms with van der Waals surface area (Å²) in [5.41, 5.74) is 2.44. The number of rotatable bonds is 7. The number of carbonyl (C=O) groups excluding carboxylic acids is 1. The van der Waals surface area contributed by atoms with Crippen molar-refractivity contribution in [3.8, 4) is 5.75 Å². The molecule has 4 aromatic rings. The van der Waals surface area contributed by atoms with Crippen molar-refractivity contribution < 1.29 is 13.9 Å². The lowest BCUT2D eigenvalue weighted by atomic mass is 10.1. The molecule has 0 aliphatic rings. The maximum atomic E-state index is 12.0. The summed E-state index contributed by atoms with van der Waals surface area (Å²) in [6.07, 6.45) is 1.45. The quantitative estimate of drug-likeness (QED) is 0.295. The number of hydrogen-bond acceptors (Lipinski definition) is 5. The summed E-state index contributed by atoms with van der Waals surface area (Å²) < 4.78 is 11.3. The molecular weight excluding hydrogens is 420 g/mol. The minimum atomic E-state index is -0.360. The van der Waals surface area contributed by atoms with E-state index in [9.17, 15) is 4.79 Å². The largest absolute Gasteiger partial charge is 0.483 e. The molecule has 3 aromatic carbocycles. The Morgan fingerprint density at radius 3 is 2.70 bits per heavy atom. The number of nitrogens with zero attached hydrogens (tertiary/aromatic N) is 1. The van der Waals surface area contributed by atoms with E-state index in [0.29, 0.717) is 21.6 Å². The van der Waals surface area contributed by atoms with Gasteiger partial charge in [0.1, 0.15) is 11.5 Å². The Bertz CT molecular complexity index is 1180. The van der Waals surface area contributed by atoms with E-state index >= 15 is 0 Å². The highest BCUT2D eigenvalue weighted by atomic mass is 35.5. The zero-order valence-electron chi connectivity index (χ0n) is 15.7. The maximum absolute atomic E-state index is 12.0. The molecule has 0 atom stereocenters. The predicted molar refractivity (Wildman–Crippen MR) is 119 cm³/mol. The summed E-state index contributed by atoms with van der Waals surface area (Å²) in [5.74, 6) is 0.824. The molecule has 1 heterocycles. The van der Waals surface area contributed by atoms with E-state index in [1.807, 2.05) is 72.8 Å². The molecule has 0 aliphatic carbocycles. The third-order valence-corrected chi connectivity index (χ3v) is 5.30. The van der Waals surface area contributed by atoms with Crippen LogP contribution in [0.5, 0.6) is 5.75 Å². The van der Waals surface area contributed by atoms with E-state index in [1.165, 1.54) is 18.0 Å². The number of amides is 1. The second kappa shape index (κ2) is 9.52. The summed E-state index contributed by atoms with van der Waals surface area (Å²) in [4.78, 5) is 13.0. The molecule has 0 spiro atoms. The molecule has 30 heavy (non-hydrogen) atoms. The van der Waals surface area contributed by atoms with Gasteiger partial charge in [0.25, 0.3) is 5.91 Å². The molecule has 4 rings (SSSR count). The van der Waals surface area contributed by atoms with E-state index in [1.54, 1.807) is 6.07 Å². The van der Waals surface area contributed by atoms with Crippen LogP contribution in [0.2, 0.25) is 5.02 Å². The molecule has 0 saturated heterocycles. The Balaban J connectivity index is 1.28. The molecule has 0 unspecified atom stereocenters. The van der Waals surface area contributed by atoms with Crippen LogP contribution in [0.1, 0.15) is 5.76 Å². The summed E-state index contributed by atoms with van der Waals surface area (Å²) in [6.45, 7) is -0.138. The van der Waals surface area contributed by atoms with Gasteiger partial charge in [-0.25, -0.2) is 5.43 Å². The molecule has 0 bridgehead atoms. The second-order valence-corrected chi connectivity index (χ2v) is 7.79. The van der Waals surface area contributed by atoms with Crippen molar-refractivity contribution in [3.63, 3.8) is 0 Å². The van der Waals surface area contributed by atoms with Gasteiger partial charge in [-0.2, -0.15) is 5.10 Å². The lowest BCUT2D eigenvalue weighted by Gasteiger charge is -2.08. The Morgan fingerprint density at radius 2 is 1.83 bits per heavy atom. The van der Waals surface area contributed by atoms with Crippen LogP contribution in [0.4, 0.5) is 0 Å². The summed E-state index contributed by atoms with van der Waals surface area (Å²) in [5, 5.41) is 7.33. The van der Waals surface area contributed by atoms with Gasteiger partial charge >= 0.3 is 0 Å². The van der Waals surface area contributed by atoms with Crippen molar-refractivity contribution in [1.82, 2.24) is 5.43 Å². The van der Waals surface area contributed by atoms with Gasteiger partial charge in [0.2, 0.25) is 0 Å². The average Bonchev–Trinajstić information content (AvgIpc) is 3.21. The summed E-state index contributed by atoms with van der Waals surface area (Å²) in [6, 6.07) is 24.7. The number of furan rings is 1. The van der Waals surface area contributed by atoms with Gasteiger partial charge in [0.05, 0.1) is 6.21 Å². The summed E-state index contributed by atoms with van der Waals surface area (Å²) in [7, 11) is 0. The minimum absolute atomic E-state index is 0.138. The number of benzene rings is 3. The highest BCUT2D eigenvalue weighted by Gasteiger charge is 2.06. The number of fused-ring (bicyclic) bond motifs is 1. The first-order valence-corrected chi connectivity index (χ1v) is 10.3. The zero-order valence-corrected chi connectivity index (χ0v) is 17.3. The van der Waals surface area contributed by atoms with Crippen LogP contribution in [0, 0.1) is 0 Å². The van der Waals surface area contributed by atoms with Crippen LogP contribution in [-0.4, -0.2) is 18.7 Å². The predicted octanol–water partition coefficient (Wildman–Crippen LogP) is 5.77. The molecule has 0 fully saturated rings. The maximum Gasteiger partial charge on any atom is 0.277 e. The first kappa shape index (κ1) is 20.1.